The molecule has 3 heterocycles. The van der Waals surface area contributed by atoms with E-state index in [9.17, 15) is 10.1 Å². The zero-order valence-electron chi connectivity index (χ0n) is 18.8. The predicted molar refractivity (Wildman–Crippen MR) is 131 cm³/mol. The maximum Gasteiger partial charge on any atom is 0.277 e. The number of anilines is 4. The predicted octanol–water partition coefficient (Wildman–Crippen LogP) is 3.07. The lowest BCUT2D eigenvalue weighted by Crippen LogP contribution is -2.33. The molecule has 176 valence electrons. The van der Waals surface area contributed by atoms with Crippen LogP contribution in [0.25, 0.3) is 5.65 Å². The number of fused-ring (bicyclic) bond motifs is 1. The van der Waals surface area contributed by atoms with Gasteiger partial charge in [0.1, 0.15) is 18.0 Å². The Balaban J connectivity index is 1.51. The average Bonchev–Trinajstić information content (AvgIpc) is 3.31. The molecule has 4 aromatic rings. The topological polar surface area (TPSA) is 159 Å². The summed E-state index contributed by atoms with van der Waals surface area (Å²) in [5, 5.41) is 23.5. The van der Waals surface area contributed by atoms with Crippen molar-refractivity contribution in [1.29, 1.82) is 5.26 Å². The third-order valence-electron chi connectivity index (χ3n) is 5.92. The number of imidazole rings is 1. The highest BCUT2D eigenvalue weighted by Crippen LogP contribution is 2.27. The second-order valence-electron chi connectivity index (χ2n) is 8.44. The average molecular weight is 469 g/mol. The second kappa shape index (κ2) is 9.74. The molecule has 0 spiro atoms. The van der Waals surface area contributed by atoms with Crippen LogP contribution < -0.4 is 21.7 Å². The quantitative estimate of drug-likeness (QED) is 0.333. The van der Waals surface area contributed by atoms with Gasteiger partial charge in [0.2, 0.25) is 0 Å². The molecule has 0 unspecified atom stereocenters. The van der Waals surface area contributed by atoms with Gasteiger partial charge in [-0.15, -0.1) is 5.10 Å². The molecular weight excluding hydrogens is 444 g/mol. The third-order valence-corrected chi connectivity index (χ3v) is 5.92. The van der Waals surface area contributed by atoms with E-state index < -0.39 is 5.91 Å². The van der Waals surface area contributed by atoms with Gasteiger partial charge in [-0.1, -0.05) is 6.07 Å². The molecular formula is C24H24N10O. The van der Waals surface area contributed by atoms with Crippen LogP contribution in [0.1, 0.15) is 41.7 Å². The summed E-state index contributed by atoms with van der Waals surface area (Å²) in [6, 6.07) is 13.2. The highest BCUT2D eigenvalue weighted by molar-refractivity contribution is 6.03. The van der Waals surface area contributed by atoms with Crippen LogP contribution in [-0.4, -0.2) is 42.6 Å². The van der Waals surface area contributed by atoms with Crippen LogP contribution in [0, 0.1) is 11.3 Å². The Morgan fingerprint density at radius 1 is 1.11 bits per heavy atom. The summed E-state index contributed by atoms with van der Waals surface area (Å²) < 4.78 is 1.50. The van der Waals surface area contributed by atoms with E-state index in [0.717, 1.165) is 31.4 Å². The Kier molecular flexibility index (Phi) is 6.19. The van der Waals surface area contributed by atoms with Crippen LogP contribution in [0.5, 0.6) is 0 Å². The number of nitriles is 1. The maximum absolute atomic E-state index is 13.0. The van der Waals surface area contributed by atoms with Gasteiger partial charge in [0, 0.05) is 30.0 Å². The van der Waals surface area contributed by atoms with E-state index >= 15 is 0 Å². The monoisotopic (exact) mass is 468 g/mol. The SMILES string of the molecule is N#Cc1cccc(Nc2cc(N[C@H]3CC[C@H](N)CC3)nn3c(C(=O)Nc4ccncn4)cnc23)c1. The first-order valence-corrected chi connectivity index (χ1v) is 11.3. The molecule has 0 atom stereocenters. The minimum absolute atomic E-state index is 0.233. The molecule has 0 saturated heterocycles. The maximum atomic E-state index is 13.0. The van der Waals surface area contributed by atoms with Crippen molar-refractivity contribution in [1.82, 2.24) is 24.6 Å². The van der Waals surface area contributed by atoms with Crippen LogP contribution in [0.15, 0.2) is 55.1 Å². The summed E-state index contributed by atoms with van der Waals surface area (Å²) in [6.45, 7) is 0. The first-order chi connectivity index (χ1) is 17.1. The van der Waals surface area contributed by atoms with E-state index in [-0.39, 0.29) is 17.8 Å². The van der Waals surface area contributed by atoms with Crippen LogP contribution >= 0.6 is 0 Å². The normalized spacial score (nSPS) is 17.5. The van der Waals surface area contributed by atoms with Gasteiger partial charge in [0.05, 0.1) is 23.5 Å². The van der Waals surface area contributed by atoms with E-state index in [2.05, 4.69) is 42.1 Å². The Labute approximate surface area is 201 Å². The molecule has 1 aliphatic carbocycles. The first kappa shape index (κ1) is 22.2. The molecule has 11 nitrogen and oxygen atoms in total. The number of hydrogen-bond donors (Lipinski definition) is 4. The fourth-order valence-corrected chi connectivity index (χ4v) is 4.13. The van der Waals surface area contributed by atoms with Gasteiger partial charge in [0.25, 0.3) is 5.91 Å². The molecule has 0 radical (unpaired) electrons. The summed E-state index contributed by atoms with van der Waals surface area (Å²) in [5.74, 6) is 0.576. The van der Waals surface area contributed by atoms with Crippen molar-refractivity contribution in [2.45, 2.75) is 37.8 Å². The third kappa shape index (κ3) is 5.02. The van der Waals surface area contributed by atoms with Crippen molar-refractivity contribution in [2.75, 3.05) is 16.0 Å². The van der Waals surface area contributed by atoms with Crippen molar-refractivity contribution < 1.29 is 4.79 Å². The molecule has 5 N–H and O–H groups in total. The lowest BCUT2D eigenvalue weighted by atomic mass is 9.92. The van der Waals surface area contributed by atoms with Crippen molar-refractivity contribution in [3.8, 4) is 6.07 Å². The first-order valence-electron chi connectivity index (χ1n) is 11.3. The molecule has 11 heteroatoms. The minimum atomic E-state index is -0.401. The number of carbonyl (C=O) groups excluding carboxylic acids is 1. The number of aromatic nitrogens is 5. The van der Waals surface area contributed by atoms with Crippen LogP contribution in [0.2, 0.25) is 0 Å². The van der Waals surface area contributed by atoms with Gasteiger partial charge in [0.15, 0.2) is 11.3 Å². The van der Waals surface area contributed by atoms with Gasteiger partial charge < -0.3 is 21.7 Å². The largest absolute Gasteiger partial charge is 0.366 e. The number of nitrogens with zero attached hydrogens (tertiary/aromatic N) is 6. The van der Waals surface area contributed by atoms with Crippen molar-refractivity contribution in [3.05, 3.63) is 66.4 Å². The summed E-state index contributed by atoms with van der Waals surface area (Å²) in [7, 11) is 0. The lowest BCUT2D eigenvalue weighted by molar-refractivity contribution is 0.102. The molecule has 0 bridgehead atoms. The van der Waals surface area contributed by atoms with Crippen LogP contribution in [-0.2, 0) is 0 Å². The van der Waals surface area contributed by atoms with Crippen LogP contribution in [0.3, 0.4) is 0 Å². The zero-order chi connectivity index (χ0) is 24.2. The zero-order valence-corrected chi connectivity index (χ0v) is 18.8. The molecule has 1 aromatic carbocycles. The van der Waals surface area contributed by atoms with Crippen molar-refractivity contribution in [3.63, 3.8) is 0 Å². The highest BCUT2D eigenvalue weighted by atomic mass is 16.2. The molecule has 35 heavy (non-hydrogen) atoms. The van der Waals surface area contributed by atoms with E-state index in [1.54, 1.807) is 30.5 Å². The van der Waals surface area contributed by atoms with Gasteiger partial charge in [-0.05, 0) is 49.9 Å². The van der Waals surface area contributed by atoms with Gasteiger partial charge in [-0.25, -0.2) is 19.5 Å². The van der Waals surface area contributed by atoms with E-state index in [1.807, 2.05) is 12.1 Å². The Bertz CT molecular complexity index is 1390. The molecule has 1 aliphatic rings. The molecule has 3 aromatic heterocycles. The molecule has 5 rings (SSSR count). The van der Waals surface area contributed by atoms with Gasteiger partial charge >= 0.3 is 0 Å². The van der Waals surface area contributed by atoms with Crippen LogP contribution in [0.4, 0.5) is 23.0 Å². The number of carbonyl (C=O) groups is 1. The van der Waals surface area contributed by atoms with Crippen molar-refractivity contribution in [2.24, 2.45) is 5.73 Å². The molecule has 0 aliphatic heterocycles. The summed E-state index contributed by atoms with van der Waals surface area (Å²) in [5.41, 5.74) is 8.68. The fourth-order valence-electron chi connectivity index (χ4n) is 4.13. The van der Waals surface area contributed by atoms with Crippen molar-refractivity contribution >= 4 is 34.6 Å². The second-order valence-corrected chi connectivity index (χ2v) is 8.44. The van der Waals surface area contributed by atoms with Gasteiger partial charge in [-0.3, -0.25) is 4.79 Å². The smallest absolute Gasteiger partial charge is 0.277 e. The van der Waals surface area contributed by atoms with Gasteiger partial charge in [-0.2, -0.15) is 5.26 Å². The number of rotatable bonds is 6. The van der Waals surface area contributed by atoms with E-state index in [0.29, 0.717) is 28.5 Å². The standard InChI is InChI=1S/C24H24N10O/c25-12-15-2-1-3-18(10-15)30-19-11-22(31-17-6-4-16(26)5-7-17)33-34-20(13-28-23(19)34)24(35)32-21-8-9-27-14-29-21/h1-3,8-11,13-14,16-17,30H,4-7,26H2,(H,31,33)(H,27,29,32,35)/t16-,17-. The highest BCUT2D eigenvalue weighted by Gasteiger charge is 2.21. The fraction of sp³-hybridized carbons (Fsp3) is 0.250. The Morgan fingerprint density at radius 2 is 1.97 bits per heavy atom. The number of benzene rings is 1. The Morgan fingerprint density at radius 3 is 2.74 bits per heavy atom. The van der Waals surface area contributed by atoms with E-state index in [4.69, 9.17) is 5.73 Å². The number of nitrogens with two attached hydrogens (primary N) is 1. The summed E-state index contributed by atoms with van der Waals surface area (Å²) in [4.78, 5) is 25.4. The number of nitrogens with one attached hydrogen (secondary N) is 3. The Hall–Kier alpha value is -4.56. The van der Waals surface area contributed by atoms with E-state index in [1.165, 1.54) is 17.0 Å². The molecule has 1 saturated carbocycles. The lowest BCUT2D eigenvalue weighted by Gasteiger charge is -2.27. The minimum Gasteiger partial charge on any atom is -0.366 e. The summed E-state index contributed by atoms with van der Waals surface area (Å²) in [6.07, 6.45) is 8.16. The number of amides is 1. The molecule has 1 amide bonds. The summed E-state index contributed by atoms with van der Waals surface area (Å²) >= 11 is 0. The number of hydrogen-bond acceptors (Lipinski definition) is 9. The molecule has 1 fully saturated rings.